The molecular formula is C16H16O3. The summed E-state index contributed by atoms with van der Waals surface area (Å²) in [5, 5.41) is 2.15. The predicted molar refractivity (Wildman–Crippen MR) is 76.2 cm³/mol. The molecule has 0 saturated carbocycles. The molecule has 0 N–H and O–H groups in total. The van der Waals surface area contributed by atoms with E-state index in [4.69, 9.17) is 9.47 Å². The molecule has 2 rings (SSSR count). The van der Waals surface area contributed by atoms with Crippen LogP contribution in [0.4, 0.5) is 0 Å². The maximum atomic E-state index is 11.4. The lowest BCUT2D eigenvalue weighted by atomic mass is 10.0. The molecule has 98 valence electrons. The first-order valence-corrected chi connectivity index (χ1v) is 6.17. The van der Waals surface area contributed by atoms with Crippen molar-refractivity contribution in [3.8, 4) is 5.75 Å². The number of rotatable bonds is 4. The van der Waals surface area contributed by atoms with Gasteiger partial charge in [0.05, 0.1) is 13.7 Å². The van der Waals surface area contributed by atoms with Crippen molar-refractivity contribution < 1.29 is 14.3 Å². The number of methoxy groups -OCH3 is 1. The number of hydrogen-bond donors (Lipinski definition) is 0. The summed E-state index contributed by atoms with van der Waals surface area (Å²) < 4.78 is 10.2. The van der Waals surface area contributed by atoms with Gasteiger partial charge in [-0.15, -0.1) is 0 Å². The standard InChI is InChI=1S/C16H16O3/c1-3-19-16(17)11-9-14-13-7-5-4-6-12(13)8-10-15(14)18-2/h4-11H,3H2,1-2H3. The van der Waals surface area contributed by atoms with Crippen molar-refractivity contribution in [2.45, 2.75) is 6.92 Å². The summed E-state index contributed by atoms with van der Waals surface area (Å²) in [6.45, 7) is 2.15. The lowest BCUT2D eigenvalue weighted by Crippen LogP contribution is -1.99. The topological polar surface area (TPSA) is 35.5 Å². The third kappa shape index (κ3) is 2.94. The predicted octanol–water partition coefficient (Wildman–Crippen LogP) is 3.42. The van der Waals surface area contributed by atoms with Crippen LogP contribution in [0.15, 0.2) is 42.5 Å². The van der Waals surface area contributed by atoms with Crippen LogP contribution in [0.3, 0.4) is 0 Å². The van der Waals surface area contributed by atoms with Gasteiger partial charge in [-0.2, -0.15) is 0 Å². The second-order valence-corrected chi connectivity index (χ2v) is 3.99. The van der Waals surface area contributed by atoms with Crippen molar-refractivity contribution in [2.24, 2.45) is 0 Å². The van der Waals surface area contributed by atoms with Gasteiger partial charge in [-0.3, -0.25) is 0 Å². The highest BCUT2D eigenvalue weighted by atomic mass is 16.5. The van der Waals surface area contributed by atoms with Crippen LogP contribution in [0.5, 0.6) is 5.75 Å². The van der Waals surface area contributed by atoms with Crippen molar-refractivity contribution in [1.82, 2.24) is 0 Å². The average Bonchev–Trinajstić information content (AvgIpc) is 2.44. The minimum absolute atomic E-state index is 0.350. The number of benzene rings is 2. The fraction of sp³-hybridized carbons (Fsp3) is 0.188. The second kappa shape index (κ2) is 6.05. The third-order valence-corrected chi connectivity index (χ3v) is 2.82. The molecule has 0 radical (unpaired) electrons. The summed E-state index contributed by atoms with van der Waals surface area (Å²) in [7, 11) is 1.62. The fourth-order valence-corrected chi connectivity index (χ4v) is 1.97. The number of carbonyl (C=O) groups excluding carboxylic acids is 1. The Kier molecular flexibility index (Phi) is 4.18. The van der Waals surface area contributed by atoms with Gasteiger partial charge < -0.3 is 9.47 Å². The molecule has 0 aromatic heterocycles. The molecule has 0 aliphatic heterocycles. The Labute approximate surface area is 112 Å². The summed E-state index contributed by atoms with van der Waals surface area (Å²) in [6.07, 6.45) is 3.16. The Morgan fingerprint density at radius 3 is 2.74 bits per heavy atom. The summed E-state index contributed by atoms with van der Waals surface area (Å²) in [5.74, 6) is 0.386. The van der Waals surface area contributed by atoms with Gasteiger partial charge in [0.1, 0.15) is 5.75 Å². The third-order valence-electron chi connectivity index (χ3n) is 2.82. The highest BCUT2D eigenvalue weighted by molar-refractivity contribution is 5.96. The lowest BCUT2D eigenvalue weighted by Gasteiger charge is -2.08. The minimum Gasteiger partial charge on any atom is -0.496 e. The van der Waals surface area contributed by atoms with Gasteiger partial charge in [0, 0.05) is 11.6 Å². The molecule has 3 nitrogen and oxygen atoms in total. The van der Waals surface area contributed by atoms with Gasteiger partial charge in [-0.05, 0) is 29.8 Å². The normalized spacial score (nSPS) is 10.8. The smallest absolute Gasteiger partial charge is 0.330 e. The Hall–Kier alpha value is -2.29. The van der Waals surface area contributed by atoms with Crippen LogP contribution in [0.1, 0.15) is 12.5 Å². The number of hydrogen-bond acceptors (Lipinski definition) is 3. The molecule has 0 atom stereocenters. The Morgan fingerprint density at radius 2 is 2.00 bits per heavy atom. The number of esters is 1. The molecule has 0 fully saturated rings. The van der Waals surface area contributed by atoms with Crippen LogP contribution in [0.25, 0.3) is 16.8 Å². The molecule has 0 bridgehead atoms. The molecule has 0 aliphatic carbocycles. The van der Waals surface area contributed by atoms with Gasteiger partial charge >= 0.3 is 5.97 Å². The monoisotopic (exact) mass is 256 g/mol. The van der Waals surface area contributed by atoms with Crippen LogP contribution in [0.2, 0.25) is 0 Å². The first kappa shape index (κ1) is 13.1. The highest BCUT2D eigenvalue weighted by Crippen LogP contribution is 2.29. The molecule has 2 aromatic rings. The van der Waals surface area contributed by atoms with E-state index in [1.807, 2.05) is 36.4 Å². The summed E-state index contributed by atoms with van der Waals surface area (Å²) in [5.41, 5.74) is 0.883. The van der Waals surface area contributed by atoms with E-state index in [-0.39, 0.29) is 5.97 Å². The van der Waals surface area contributed by atoms with Crippen LogP contribution in [-0.4, -0.2) is 19.7 Å². The van der Waals surface area contributed by atoms with Crippen LogP contribution in [-0.2, 0) is 9.53 Å². The van der Waals surface area contributed by atoms with Gasteiger partial charge in [0.2, 0.25) is 0 Å². The van der Waals surface area contributed by atoms with E-state index in [0.29, 0.717) is 6.61 Å². The molecule has 0 amide bonds. The quantitative estimate of drug-likeness (QED) is 0.621. The molecule has 0 spiro atoms. The van der Waals surface area contributed by atoms with Crippen LogP contribution in [0, 0.1) is 0 Å². The van der Waals surface area contributed by atoms with Gasteiger partial charge in [-0.25, -0.2) is 4.79 Å². The van der Waals surface area contributed by atoms with Gasteiger partial charge in [0.15, 0.2) is 0 Å². The van der Waals surface area contributed by atoms with Gasteiger partial charge in [-0.1, -0.05) is 30.3 Å². The Balaban J connectivity index is 2.47. The largest absolute Gasteiger partial charge is 0.496 e. The highest BCUT2D eigenvalue weighted by Gasteiger charge is 2.05. The van der Waals surface area contributed by atoms with E-state index < -0.39 is 0 Å². The average molecular weight is 256 g/mol. The zero-order valence-electron chi connectivity index (χ0n) is 11.1. The van der Waals surface area contributed by atoms with E-state index in [9.17, 15) is 4.79 Å². The number of fused-ring (bicyclic) bond motifs is 1. The molecule has 0 saturated heterocycles. The van der Waals surface area contributed by atoms with Crippen molar-refractivity contribution in [1.29, 1.82) is 0 Å². The first-order valence-electron chi connectivity index (χ1n) is 6.17. The van der Waals surface area contributed by atoms with Crippen molar-refractivity contribution in [3.05, 3.63) is 48.0 Å². The molecule has 2 aromatic carbocycles. The van der Waals surface area contributed by atoms with E-state index in [1.165, 1.54) is 6.08 Å². The minimum atomic E-state index is -0.350. The first-order chi connectivity index (χ1) is 9.26. The summed E-state index contributed by atoms with van der Waals surface area (Å²) in [6, 6.07) is 11.9. The number of ether oxygens (including phenoxy) is 2. The second-order valence-electron chi connectivity index (χ2n) is 3.99. The fourth-order valence-electron chi connectivity index (χ4n) is 1.97. The maximum absolute atomic E-state index is 11.4. The zero-order valence-corrected chi connectivity index (χ0v) is 11.1. The molecule has 0 aliphatic rings. The molecule has 3 heteroatoms. The number of carbonyl (C=O) groups is 1. The maximum Gasteiger partial charge on any atom is 0.330 e. The van der Waals surface area contributed by atoms with Crippen LogP contribution < -0.4 is 4.74 Å². The summed E-state index contributed by atoms with van der Waals surface area (Å²) in [4.78, 5) is 11.4. The van der Waals surface area contributed by atoms with Crippen molar-refractivity contribution in [2.75, 3.05) is 13.7 Å². The van der Waals surface area contributed by atoms with Crippen molar-refractivity contribution in [3.63, 3.8) is 0 Å². The summed E-state index contributed by atoms with van der Waals surface area (Å²) >= 11 is 0. The van der Waals surface area contributed by atoms with E-state index in [2.05, 4.69) is 0 Å². The van der Waals surface area contributed by atoms with E-state index >= 15 is 0 Å². The molecule has 0 heterocycles. The van der Waals surface area contributed by atoms with Crippen LogP contribution >= 0.6 is 0 Å². The lowest BCUT2D eigenvalue weighted by molar-refractivity contribution is -0.137. The van der Waals surface area contributed by atoms with Crippen molar-refractivity contribution >= 4 is 22.8 Å². The molecule has 19 heavy (non-hydrogen) atoms. The van der Waals surface area contributed by atoms with E-state index in [1.54, 1.807) is 20.1 Å². The van der Waals surface area contributed by atoms with Gasteiger partial charge in [0.25, 0.3) is 0 Å². The SMILES string of the molecule is CCOC(=O)C=Cc1c(OC)ccc2ccccc12. The Bertz CT molecular complexity index is 614. The Morgan fingerprint density at radius 1 is 1.21 bits per heavy atom. The molecular weight excluding hydrogens is 240 g/mol. The van der Waals surface area contributed by atoms with E-state index in [0.717, 1.165) is 22.1 Å². The zero-order chi connectivity index (χ0) is 13.7. The molecule has 0 unspecified atom stereocenters.